The van der Waals surface area contributed by atoms with Crippen LogP contribution < -0.4 is 0 Å². The Bertz CT molecular complexity index is 885. The molecule has 0 heteroatoms. The Balaban J connectivity index is 3.18. The minimum absolute atomic E-state index is 0.0657. The molecule has 0 spiro atoms. The molecule has 0 fully saturated rings. The Hall–Kier alpha value is -1.56. The summed E-state index contributed by atoms with van der Waals surface area (Å²) in [4.78, 5) is 0. The van der Waals surface area contributed by atoms with Gasteiger partial charge in [-0.25, -0.2) is 0 Å². The highest BCUT2D eigenvalue weighted by atomic mass is 14.4. The van der Waals surface area contributed by atoms with Crippen molar-refractivity contribution in [3.63, 3.8) is 0 Å². The average molecular weight is 421 g/mol. The second-order valence-electron chi connectivity index (χ2n) is 13.5. The third-order valence-electron chi connectivity index (χ3n) is 6.40. The van der Waals surface area contributed by atoms with Gasteiger partial charge >= 0.3 is 0 Å². The largest absolute Gasteiger partial charge is 0.0645 e. The molecule has 2 aromatic rings. The summed E-state index contributed by atoms with van der Waals surface area (Å²) >= 11 is 0. The van der Waals surface area contributed by atoms with Gasteiger partial charge in [0.15, 0.2) is 0 Å². The molecule has 0 N–H and O–H groups in total. The van der Waals surface area contributed by atoms with Crippen molar-refractivity contribution >= 4 is 0 Å². The zero-order valence-corrected chi connectivity index (χ0v) is 22.7. The quantitative estimate of drug-likeness (QED) is 0.464. The first-order valence-corrected chi connectivity index (χ1v) is 12.2. The number of hydrogen-bond donors (Lipinski definition) is 0. The van der Waals surface area contributed by atoms with E-state index in [9.17, 15) is 0 Å². The van der Waals surface area contributed by atoms with E-state index in [4.69, 9.17) is 0 Å². The number of benzene rings is 2. The van der Waals surface area contributed by atoms with Gasteiger partial charge in [0.05, 0.1) is 0 Å². The predicted octanol–water partition coefficient (Wildman–Crippen LogP) is 9.42. The lowest BCUT2D eigenvalue weighted by Crippen LogP contribution is -2.33. The maximum Gasteiger partial charge on any atom is 0.00898 e. The van der Waals surface area contributed by atoms with Crippen LogP contribution >= 0.6 is 0 Å². The van der Waals surface area contributed by atoms with Gasteiger partial charge in [-0.15, -0.1) is 0 Å². The molecule has 31 heavy (non-hydrogen) atoms. The van der Waals surface area contributed by atoms with Crippen molar-refractivity contribution < 1.29 is 0 Å². The van der Waals surface area contributed by atoms with Gasteiger partial charge in [0.25, 0.3) is 0 Å². The first kappa shape index (κ1) is 25.7. The van der Waals surface area contributed by atoms with Crippen molar-refractivity contribution in [1.29, 1.82) is 0 Å². The highest BCUT2D eigenvalue weighted by molar-refractivity contribution is 5.58. The minimum Gasteiger partial charge on any atom is -0.0645 e. The van der Waals surface area contributed by atoms with Gasteiger partial charge in [-0.3, -0.25) is 0 Å². The van der Waals surface area contributed by atoms with Crippen molar-refractivity contribution in [1.82, 2.24) is 0 Å². The molecule has 2 aromatic carbocycles. The lowest BCUT2D eigenvalue weighted by Gasteiger charge is -2.43. The lowest BCUT2D eigenvalue weighted by molar-refractivity contribution is 0.471. The van der Waals surface area contributed by atoms with Crippen LogP contribution in [0.15, 0.2) is 36.4 Å². The van der Waals surface area contributed by atoms with E-state index >= 15 is 0 Å². The second-order valence-corrected chi connectivity index (χ2v) is 13.5. The number of rotatable bonds is 3. The van der Waals surface area contributed by atoms with Crippen molar-refractivity contribution in [2.75, 3.05) is 0 Å². The molecule has 0 aromatic heterocycles. The van der Waals surface area contributed by atoms with Crippen LogP contribution in [-0.2, 0) is 21.7 Å². The predicted molar refractivity (Wildman–Crippen MR) is 140 cm³/mol. The standard InChI is InChI=1S/C31H48/c1-14-22(21-18-16-15-17-19-21)23-20-24(28(2,3)4)26(30(8,9)10)27(31(11,12)13)25(23)29(5,6)7/h15-20,22H,14H2,1-13H3. The highest BCUT2D eigenvalue weighted by Crippen LogP contribution is 2.49. The summed E-state index contributed by atoms with van der Waals surface area (Å²) in [5, 5.41) is 0. The molecule has 0 aliphatic rings. The molecule has 172 valence electrons. The summed E-state index contributed by atoms with van der Waals surface area (Å²) in [6.45, 7) is 31.1. The van der Waals surface area contributed by atoms with Crippen LogP contribution in [0.3, 0.4) is 0 Å². The molecule has 0 radical (unpaired) electrons. The number of hydrogen-bond acceptors (Lipinski definition) is 0. The summed E-state index contributed by atoms with van der Waals surface area (Å²) in [7, 11) is 0. The summed E-state index contributed by atoms with van der Waals surface area (Å²) in [5.41, 5.74) is 9.47. The molecule has 0 aliphatic carbocycles. The molecule has 0 saturated heterocycles. The first-order valence-electron chi connectivity index (χ1n) is 12.2. The van der Waals surface area contributed by atoms with E-state index in [1.807, 2.05) is 0 Å². The Morgan fingerprint density at radius 3 is 1.39 bits per heavy atom. The van der Waals surface area contributed by atoms with Crippen LogP contribution in [0.25, 0.3) is 0 Å². The summed E-state index contributed by atoms with van der Waals surface area (Å²) < 4.78 is 0. The Labute approximate surface area is 193 Å². The SMILES string of the molecule is CCC(c1ccccc1)c1cc(C(C)(C)C)c(C(C)(C)C)c(C(C)(C)C)c1C(C)(C)C. The maximum atomic E-state index is 2.59. The molecule has 2 rings (SSSR count). The summed E-state index contributed by atoms with van der Waals surface area (Å²) in [6, 6.07) is 13.7. The highest BCUT2D eigenvalue weighted by Gasteiger charge is 2.39. The van der Waals surface area contributed by atoms with Crippen LogP contribution in [-0.4, -0.2) is 0 Å². The third-order valence-corrected chi connectivity index (χ3v) is 6.40. The molecule has 1 atom stereocenters. The van der Waals surface area contributed by atoms with Crippen LogP contribution in [0.1, 0.15) is 136 Å². The zero-order valence-electron chi connectivity index (χ0n) is 22.7. The van der Waals surface area contributed by atoms with E-state index < -0.39 is 0 Å². The van der Waals surface area contributed by atoms with Gasteiger partial charge < -0.3 is 0 Å². The lowest BCUT2D eigenvalue weighted by atomic mass is 9.61. The molecular formula is C31H48. The smallest absolute Gasteiger partial charge is 0.00898 e. The second kappa shape index (κ2) is 8.42. The first-order chi connectivity index (χ1) is 13.9. The molecule has 0 heterocycles. The van der Waals surface area contributed by atoms with Crippen LogP contribution in [0.2, 0.25) is 0 Å². The molecule has 0 saturated carbocycles. The fourth-order valence-corrected chi connectivity index (χ4v) is 5.23. The summed E-state index contributed by atoms with van der Waals surface area (Å²) in [5.74, 6) is 0.409. The average Bonchev–Trinajstić information content (AvgIpc) is 2.58. The molecular weight excluding hydrogens is 372 g/mol. The van der Waals surface area contributed by atoms with Gasteiger partial charge in [-0.1, -0.05) is 126 Å². The van der Waals surface area contributed by atoms with Crippen LogP contribution in [0.4, 0.5) is 0 Å². The zero-order chi connectivity index (χ0) is 24.0. The van der Waals surface area contributed by atoms with Gasteiger partial charge in [0.1, 0.15) is 0 Å². The van der Waals surface area contributed by atoms with Crippen molar-refractivity contribution in [2.45, 2.75) is 124 Å². The molecule has 0 bridgehead atoms. The van der Waals surface area contributed by atoms with Gasteiger partial charge in [0.2, 0.25) is 0 Å². The third kappa shape index (κ3) is 5.44. The van der Waals surface area contributed by atoms with E-state index in [1.165, 1.54) is 16.7 Å². The van der Waals surface area contributed by atoms with E-state index in [0.29, 0.717) is 5.92 Å². The topological polar surface area (TPSA) is 0 Å². The monoisotopic (exact) mass is 420 g/mol. The van der Waals surface area contributed by atoms with Gasteiger partial charge in [-0.05, 0) is 61.5 Å². The van der Waals surface area contributed by atoms with Crippen LogP contribution in [0.5, 0.6) is 0 Å². The van der Waals surface area contributed by atoms with Crippen LogP contribution in [0, 0.1) is 0 Å². The molecule has 0 aliphatic heterocycles. The maximum absolute atomic E-state index is 2.59. The van der Waals surface area contributed by atoms with Gasteiger partial charge in [0, 0.05) is 5.92 Å². The molecule has 1 unspecified atom stereocenters. The Kier molecular flexibility index (Phi) is 6.98. The van der Waals surface area contributed by atoms with E-state index in [-0.39, 0.29) is 21.7 Å². The Morgan fingerprint density at radius 1 is 0.581 bits per heavy atom. The molecule has 0 amide bonds. The molecule has 0 nitrogen and oxygen atoms in total. The fourth-order valence-electron chi connectivity index (χ4n) is 5.23. The minimum atomic E-state index is 0.0657. The van der Waals surface area contributed by atoms with Crippen molar-refractivity contribution in [2.24, 2.45) is 0 Å². The van der Waals surface area contributed by atoms with Crippen molar-refractivity contribution in [3.05, 3.63) is 69.8 Å². The van der Waals surface area contributed by atoms with E-state index in [0.717, 1.165) is 6.42 Å². The Morgan fingerprint density at radius 2 is 1.03 bits per heavy atom. The van der Waals surface area contributed by atoms with Gasteiger partial charge in [-0.2, -0.15) is 0 Å². The summed E-state index contributed by atoms with van der Waals surface area (Å²) in [6.07, 6.45) is 1.11. The fraction of sp³-hybridized carbons (Fsp3) is 0.613. The van der Waals surface area contributed by atoms with E-state index in [1.54, 1.807) is 16.7 Å². The van der Waals surface area contributed by atoms with Crippen molar-refractivity contribution in [3.8, 4) is 0 Å². The normalized spacial score (nSPS) is 14.6. The van der Waals surface area contributed by atoms with E-state index in [2.05, 4.69) is 126 Å².